The molecule has 1 unspecified atom stereocenters. The molecule has 4 nitrogen and oxygen atoms in total. The van der Waals surface area contributed by atoms with Crippen LogP contribution in [0.25, 0.3) is 0 Å². The molecule has 0 spiro atoms. The lowest BCUT2D eigenvalue weighted by molar-refractivity contribution is -0.156. The van der Waals surface area contributed by atoms with Crippen LogP contribution in [0.15, 0.2) is 30.3 Å². The van der Waals surface area contributed by atoms with Crippen molar-refractivity contribution in [3.8, 4) is 0 Å². The molecular weight excluding hydrogens is 266 g/mol. The van der Waals surface area contributed by atoms with Gasteiger partial charge in [0.15, 0.2) is 0 Å². The first kappa shape index (κ1) is 14.3. The zero-order chi connectivity index (χ0) is 14.8. The van der Waals surface area contributed by atoms with E-state index in [1.165, 1.54) is 5.56 Å². The zero-order valence-electron chi connectivity index (χ0n) is 12.3. The fourth-order valence-electron chi connectivity index (χ4n) is 3.68. The molecule has 2 heterocycles. The van der Waals surface area contributed by atoms with E-state index in [-0.39, 0.29) is 23.8 Å². The molecule has 2 aliphatic heterocycles. The molecule has 4 heteroatoms. The van der Waals surface area contributed by atoms with Crippen LogP contribution in [0.2, 0.25) is 0 Å². The molecule has 21 heavy (non-hydrogen) atoms. The zero-order valence-corrected chi connectivity index (χ0v) is 12.3. The second-order valence-electron chi connectivity index (χ2n) is 5.86. The number of ketones is 1. The number of Topliss-reactive ketones (excluding diaryl/α,β-unsaturated/α-hetero) is 1. The molecule has 0 aromatic heterocycles. The first-order chi connectivity index (χ1) is 10.2. The Bertz CT molecular complexity index is 528. The van der Waals surface area contributed by atoms with Crippen molar-refractivity contribution in [3.63, 3.8) is 0 Å². The highest BCUT2D eigenvalue weighted by atomic mass is 16.5. The molecule has 0 radical (unpaired) electrons. The minimum Gasteiger partial charge on any atom is -0.465 e. The molecule has 0 saturated carbocycles. The fourth-order valence-corrected chi connectivity index (χ4v) is 3.68. The molecule has 0 amide bonds. The summed E-state index contributed by atoms with van der Waals surface area (Å²) < 4.78 is 5.11. The van der Waals surface area contributed by atoms with E-state index >= 15 is 0 Å². The lowest BCUT2D eigenvalue weighted by atomic mass is 9.88. The van der Waals surface area contributed by atoms with Crippen LogP contribution in [-0.2, 0) is 20.9 Å². The lowest BCUT2D eigenvalue weighted by Crippen LogP contribution is -2.51. The van der Waals surface area contributed by atoms with Crippen LogP contribution in [0.1, 0.15) is 31.7 Å². The summed E-state index contributed by atoms with van der Waals surface area (Å²) in [7, 11) is 0. The predicted molar refractivity (Wildman–Crippen MR) is 78.5 cm³/mol. The third-order valence-corrected chi connectivity index (χ3v) is 4.61. The van der Waals surface area contributed by atoms with Gasteiger partial charge < -0.3 is 4.74 Å². The molecule has 2 aliphatic rings. The smallest absolute Gasteiger partial charge is 0.318 e. The van der Waals surface area contributed by atoms with Crippen LogP contribution in [0, 0.1) is 5.92 Å². The Balaban J connectivity index is 1.79. The van der Waals surface area contributed by atoms with Gasteiger partial charge in [-0.3, -0.25) is 14.5 Å². The van der Waals surface area contributed by atoms with Crippen LogP contribution in [0.5, 0.6) is 0 Å². The molecule has 1 aromatic rings. The van der Waals surface area contributed by atoms with Crippen LogP contribution in [0.3, 0.4) is 0 Å². The summed E-state index contributed by atoms with van der Waals surface area (Å²) in [5, 5.41) is 0. The Morgan fingerprint density at radius 1 is 1.29 bits per heavy atom. The van der Waals surface area contributed by atoms with E-state index in [0.717, 1.165) is 19.4 Å². The standard InChI is InChI=1S/C17H21NO3/c1-2-21-17(20)16-14-9-8-13(10-15(16)19)18(14)11-12-6-4-3-5-7-12/h3-7,13-14,16H,2,8-11H2,1H3/t13-,14+,16?/m0/s1. The average Bonchev–Trinajstić information content (AvgIpc) is 2.75. The maximum Gasteiger partial charge on any atom is 0.318 e. The molecule has 3 rings (SSSR count). The number of nitrogens with zero attached hydrogens (tertiary/aromatic N) is 1. The first-order valence-electron chi connectivity index (χ1n) is 7.69. The highest BCUT2D eigenvalue weighted by Crippen LogP contribution is 2.38. The number of hydrogen-bond donors (Lipinski definition) is 0. The molecule has 2 bridgehead atoms. The summed E-state index contributed by atoms with van der Waals surface area (Å²) in [4.78, 5) is 26.7. The van der Waals surface area contributed by atoms with E-state index in [1.807, 2.05) is 18.2 Å². The van der Waals surface area contributed by atoms with E-state index in [4.69, 9.17) is 4.74 Å². The van der Waals surface area contributed by atoms with Crippen LogP contribution in [0.4, 0.5) is 0 Å². The minimum absolute atomic E-state index is 0.00973. The van der Waals surface area contributed by atoms with Crippen molar-refractivity contribution in [1.82, 2.24) is 4.90 Å². The Morgan fingerprint density at radius 2 is 2.05 bits per heavy atom. The topological polar surface area (TPSA) is 46.6 Å². The van der Waals surface area contributed by atoms with Gasteiger partial charge in [0.25, 0.3) is 0 Å². The first-order valence-corrected chi connectivity index (χ1v) is 7.69. The van der Waals surface area contributed by atoms with Crippen LogP contribution >= 0.6 is 0 Å². The summed E-state index contributed by atoms with van der Waals surface area (Å²) in [6.07, 6.45) is 2.39. The van der Waals surface area contributed by atoms with Gasteiger partial charge in [0, 0.05) is 25.0 Å². The molecule has 2 fully saturated rings. The lowest BCUT2D eigenvalue weighted by Gasteiger charge is -2.38. The van der Waals surface area contributed by atoms with Crippen LogP contribution in [-0.4, -0.2) is 35.3 Å². The van der Waals surface area contributed by atoms with E-state index in [0.29, 0.717) is 13.0 Å². The van der Waals surface area contributed by atoms with Crippen molar-refractivity contribution < 1.29 is 14.3 Å². The van der Waals surface area contributed by atoms with Crippen molar-refractivity contribution in [3.05, 3.63) is 35.9 Å². The molecule has 1 aromatic carbocycles. The quantitative estimate of drug-likeness (QED) is 0.629. The summed E-state index contributed by atoms with van der Waals surface area (Å²) in [6.45, 7) is 2.92. The summed E-state index contributed by atoms with van der Waals surface area (Å²) in [6, 6.07) is 10.5. The largest absolute Gasteiger partial charge is 0.465 e. The summed E-state index contributed by atoms with van der Waals surface area (Å²) >= 11 is 0. The Morgan fingerprint density at radius 3 is 2.76 bits per heavy atom. The summed E-state index contributed by atoms with van der Waals surface area (Å²) in [5.74, 6) is -0.872. The number of carbonyl (C=O) groups excluding carboxylic acids is 2. The van der Waals surface area contributed by atoms with E-state index in [2.05, 4.69) is 17.0 Å². The molecule has 0 N–H and O–H groups in total. The Kier molecular flexibility index (Phi) is 4.06. The van der Waals surface area contributed by atoms with Gasteiger partial charge in [-0.1, -0.05) is 30.3 Å². The van der Waals surface area contributed by atoms with Gasteiger partial charge in [-0.05, 0) is 25.3 Å². The normalized spacial score (nSPS) is 28.6. The van der Waals surface area contributed by atoms with Gasteiger partial charge in [0.05, 0.1) is 6.61 Å². The Labute approximate surface area is 125 Å². The van der Waals surface area contributed by atoms with Crippen molar-refractivity contribution in [2.75, 3.05) is 6.61 Å². The van der Waals surface area contributed by atoms with Gasteiger partial charge in [-0.25, -0.2) is 0 Å². The number of ether oxygens (including phenoxy) is 1. The van der Waals surface area contributed by atoms with Gasteiger partial charge >= 0.3 is 5.97 Å². The number of hydrogen-bond acceptors (Lipinski definition) is 4. The molecule has 3 atom stereocenters. The van der Waals surface area contributed by atoms with Gasteiger partial charge in [0.1, 0.15) is 11.7 Å². The molecule has 0 aliphatic carbocycles. The average molecular weight is 287 g/mol. The van der Waals surface area contributed by atoms with E-state index in [9.17, 15) is 9.59 Å². The number of benzene rings is 1. The number of rotatable bonds is 4. The fraction of sp³-hybridized carbons (Fsp3) is 0.529. The second-order valence-corrected chi connectivity index (χ2v) is 5.86. The Hall–Kier alpha value is -1.68. The van der Waals surface area contributed by atoms with Gasteiger partial charge in [-0.15, -0.1) is 0 Å². The number of piperidine rings is 1. The van der Waals surface area contributed by atoms with Gasteiger partial charge in [-0.2, -0.15) is 0 Å². The summed E-state index contributed by atoms with van der Waals surface area (Å²) in [5.41, 5.74) is 1.23. The molecule has 2 saturated heterocycles. The van der Waals surface area contributed by atoms with Crippen molar-refractivity contribution in [1.29, 1.82) is 0 Å². The minimum atomic E-state index is -0.590. The van der Waals surface area contributed by atoms with Gasteiger partial charge in [0.2, 0.25) is 0 Å². The third-order valence-electron chi connectivity index (χ3n) is 4.61. The number of fused-ring (bicyclic) bond motifs is 2. The molecule has 112 valence electrons. The highest BCUT2D eigenvalue weighted by Gasteiger charge is 2.50. The predicted octanol–water partition coefficient (Wildman–Crippen LogP) is 2.17. The van der Waals surface area contributed by atoms with Crippen molar-refractivity contribution in [2.24, 2.45) is 5.92 Å². The second kappa shape index (κ2) is 5.98. The number of esters is 1. The third kappa shape index (κ3) is 2.72. The molecular formula is C17H21NO3. The SMILES string of the molecule is CCOC(=O)C1C(=O)C[C@@H]2CC[C@H]1N2Cc1ccccc1. The monoisotopic (exact) mass is 287 g/mol. The van der Waals surface area contributed by atoms with Crippen molar-refractivity contribution >= 4 is 11.8 Å². The number of carbonyl (C=O) groups is 2. The van der Waals surface area contributed by atoms with Crippen LogP contribution < -0.4 is 0 Å². The van der Waals surface area contributed by atoms with E-state index in [1.54, 1.807) is 6.92 Å². The highest BCUT2D eigenvalue weighted by molar-refractivity contribution is 6.01. The van der Waals surface area contributed by atoms with E-state index < -0.39 is 5.92 Å². The van der Waals surface area contributed by atoms with Crippen molar-refractivity contribution in [2.45, 2.75) is 44.8 Å². The maximum atomic E-state index is 12.2. The maximum absolute atomic E-state index is 12.2.